The molecule has 22 heavy (non-hydrogen) atoms. The number of carbonyl (C=O) groups is 1. The monoisotopic (exact) mass is 359 g/mol. The van der Waals surface area contributed by atoms with Gasteiger partial charge < -0.3 is 10.2 Å². The maximum atomic E-state index is 12.4. The molecule has 1 amide bonds. The number of benzene rings is 1. The summed E-state index contributed by atoms with van der Waals surface area (Å²) in [5, 5.41) is 2.90. The standard InChI is InChI=1S/C17H18BrN3O/c18-14-5-4-6-15(10-14)20-17(22)13-9-16(12-19-11-13)21-7-2-1-3-8-21/h4-6,9-12H,1-3,7-8H2,(H,20,22). The van der Waals surface area contributed by atoms with Crippen LogP contribution in [0.4, 0.5) is 11.4 Å². The molecule has 0 unspecified atom stereocenters. The van der Waals surface area contributed by atoms with E-state index in [9.17, 15) is 4.79 Å². The highest BCUT2D eigenvalue weighted by Gasteiger charge is 2.14. The van der Waals surface area contributed by atoms with Gasteiger partial charge in [-0.2, -0.15) is 0 Å². The Morgan fingerprint density at radius 1 is 1.14 bits per heavy atom. The van der Waals surface area contributed by atoms with E-state index in [1.807, 2.05) is 36.5 Å². The number of piperidine rings is 1. The van der Waals surface area contributed by atoms with Gasteiger partial charge in [-0.1, -0.05) is 22.0 Å². The first kappa shape index (κ1) is 15.0. The molecule has 1 aliphatic heterocycles. The highest BCUT2D eigenvalue weighted by Crippen LogP contribution is 2.21. The van der Waals surface area contributed by atoms with Crippen LogP contribution in [0, 0.1) is 0 Å². The summed E-state index contributed by atoms with van der Waals surface area (Å²) >= 11 is 3.40. The molecule has 0 atom stereocenters. The molecule has 2 aromatic rings. The van der Waals surface area contributed by atoms with Crippen LogP contribution in [0.3, 0.4) is 0 Å². The number of nitrogens with zero attached hydrogens (tertiary/aromatic N) is 2. The van der Waals surface area contributed by atoms with Crippen molar-refractivity contribution >= 4 is 33.2 Å². The van der Waals surface area contributed by atoms with E-state index in [2.05, 4.69) is 31.1 Å². The third kappa shape index (κ3) is 3.65. The molecule has 0 radical (unpaired) electrons. The Balaban J connectivity index is 1.75. The SMILES string of the molecule is O=C(Nc1cccc(Br)c1)c1cncc(N2CCCCC2)c1. The van der Waals surface area contributed by atoms with Crippen LogP contribution in [0.2, 0.25) is 0 Å². The maximum absolute atomic E-state index is 12.4. The first-order valence-corrected chi connectivity index (χ1v) is 8.28. The summed E-state index contributed by atoms with van der Waals surface area (Å²) in [5.41, 5.74) is 2.38. The average Bonchev–Trinajstić information content (AvgIpc) is 2.56. The molecule has 0 spiro atoms. The summed E-state index contributed by atoms with van der Waals surface area (Å²) in [6.07, 6.45) is 7.14. The van der Waals surface area contributed by atoms with Gasteiger partial charge in [0.2, 0.25) is 0 Å². The number of halogens is 1. The van der Waals surface area contributed by atoms with Gasteiger partial charge >= 0.3 is 0 Å². The van der Waals surface area contributed by atoms with Crippen LogP contribution in [0.1, 0.15) is 29.6 Å². The number of pyridine rings is 1. The van der Waals surface area contributed by atoms with Crippen LogP contribution in [-0.4, -0.2) is 24.0 Å². The minimum atomic E-state index is -0.135. The molecule has 2 heterocycles. The van der Waals surface area contributed by atoms with E-state index >= 15 is 0 Å². The van der Waals surface area contributed by atoms with Gasteiger partial charge in [-0.3, -0.25) is 9.78 Å². The fourth-order valence-electron chi connectivity index (χ4n) is 2.65. The van der Waals surface area contributed by atoms with Crippen molar-refractivity contribution in [1.82, 2.24) is 4.98 Å². The lowest BCUT2D eigenvalue weighted by molar-refractivity contribution is 0.102. The van der Waals surface area contributed by atoms with Crippen molar-refractivity contribution in [3.05, 3.63) is 52.8 Å². The Bertz CT molecular complexity index is 668. The molecule has 3 rings (SSSR count). The Morgan fingerprint density at radius 3 is 2.73 bits per heavy atom. The Kier molecular flexibility index (Phi) is 4.73. The quantitative estimate of drug-likeness (QED) is 0.897. The summed E-state index contributed by atoms with van der Waals surface area (Å²) in [6, 6.07) is 9.48. The number of hydrogen-bond donors (Lipinski definition) is 1. The zero-order chi connectivity index (χ0) is 15.4. The fraction of sp³-hybridized carbons (Fsp3) is 0.294. The normalized spacial score (nSPS) is 14.7. The topological polar surface area (TPSA) is 45.2 Å². The highest BCUT2D eigenvalue weighted by atomic mass is 79.9. The lowest BCUT2D eigenvalue weighted by Gasteiger charge is -2.28. The number of anilines is 2. The van der Waals surface area contributed by atoms with Gasteiger partial charge in [-0.05, 0) is 43.5 Å². The lowest BCUT2D eigenvalue weighted by atomic mass is 10.1. The van der Waals surface area contributed by atoms with Gasteiger partial charge in [-0.15, -0.1) is 0 Å². The molecule has 0 aliphatic carbocycles. The number of nitrogens with one attached hydrogen (secondary N) is 1. The molecule has 0 bridgehead atoms. The summed E-state index contributed by atoms with van der Waals surface area (Å²) in [5.74, 6) is -0.135. The van der Waals surface area contributed by atoms with Gasteiger partial charge in [0.05, 0.1) is 17.4 Å². The summed E-state index contributed by atoms with van der Waals surface area (Å²) < 4.78 is 0.936. The number of hydrogen-bond acceptors (Lipinski definition) is 3. The van der Waals surface area contributed by atoms with Gasteiger partial charge in [-0.25, -0.2) is 0 Å². The van der Waals surface area contributed by atoms with E-state index in [4.69, 9.17) is 0 Å². The van der Waals surface area contributed by atoms with E-state index in [-0.39, 0.29) is 5.91 Å². The van der Waals surface area contributed by atoms with Crippen molar-refractivity contribution in [2.75, 3.05) is 23.3 Å². The van der Waals surface area contributed by atoms with Gasteiger partial charge in [0.1, 0.15) is 0 Å². The predicted octanol–water partition coefficient (Wildman–Crippen LogP) is 4.09. The Morgan fingerprint density at radius 2 is 1.95 bits per heavy atom. The van der Waals surface area contributed by atoms with Crippen molar-refractivity contribution in [3.63, 3.8) is 0 Å². The number of carbonyl (C=O) groups excluding carboxylic acids is 1. The van der Waals surface area contributed by atoms with Crippen molar-refractivity contribution < 1.29 is 4.79 Å². The van der Waals surface area contributed by atoms with Crippen LogP contribution >= 0.6 is 15.9 Å². The molecule has 5 heteroatoms. The average molecular weight is 360 g/mol. The van der Waals surface area contributed by atoms with Gasteiger partial charge in [0, 0.05) is 29.4 Å². The summed E-state index contributed by atoms with van der Waals surface area (Å²) in [4.78, 5) is 18.9. The van der Waals surface area contributed by atoms with Crippen LogP contribution in [-0.2, 0) is 0 Å². The zero-order valence-corrected chi connectivity index (χ0v) is 13.8. The predicted molar refractivity (Wildman–Crippen MR) is 92.4 cm³/mol. The molecular weight excluding hydrogens is 342 g/mol. The summed E-state index contributed by atoms with van der Waals surface area (Å²) in [6.45, 7) is 2.08. The molecule has 1 N–H and O–H groups in total. The Hall–Kier alpha value is -1.88. The van der Waals surface area contributed by atoms with Crippen molar-refractivity contribution in [2.24, 2.45) is 0 Å². The van der Waals surface area contributed by atoms with Gasteiger partial charge in [0.25, 0.3) is 5.91 Å². The molecule has 1 aromatic heterocycles. The lowest BCUT2D eigenvalue weighted by Crippen LogP contribution is -2.29. The maximum Gasteiger partial charge on any atom is 0.257 e. The molecule has 1 aromatic carbocycles. The highest BCUT2D eigenvalue weighted by molar-refractivity contribution is 9.10. The molecule has 1 fully saturated rings. The smallest absolute Gasteiger partial charge is 0.257 e. The van der Waals surface area contributed by atoms with E-state index in [1.54, 1.807) is 6.20 Å². The number of amides is 1. The first-order chi connectivity index (χ1) is 10.7. The molecule has 0 saturated carbocycles. The molecule has 1 saturated heterocycles. The van der Waals surface area contributed by atoms with Crippen molar-refractivity contribution in [3.8, 4) is 0 Å². The van der Waals surface area contributed by atoms with Crippen LogP contribution in [0.5, 0.6) is 0 Å². The second-order valence-electron chi connectivity index (χ2n) is 5.44. The van der Waals surface area contributed by atoms with E-state index in [1.165, 1.54) is 19.3 Å². The second kappa shape index (κ2) is 6.92. The second-order valence-corrected chi connectivity index (χ2v) is 6.36. The molecule has 114 valence electrons. The largest absolute Gasteiger partial charge is 0.370 e. The van der Waals surface area contributed by atoms with E-state index in [0.29, 0.717) is 5.56 Å². The third-order valence-electron chi connectivity index (χ3n) is 3.79. The third-order valence-corrected chi connectivity index (χ3v) is 4.28. The van der Waals surface area contributed by atoms with E-state index in [0.717, 1.165) is 28.9 Å². The Labute approximate surface area is 138 Å². The number of aromatic nitrogens is 1. The fourth-order valence-corrected chi connectivity index (χ4v) is 3.05. The van der Waals surface area contributed by atoms with E-state index < -0.39 is 0 Å². The van der Waals surface area contributed by atoms with Crippen LogP contribution in [0.25, 0.3) is 0 Å². The zero-order valence-electron chi connectivity index (χ0n) is 12.3. The van der Waals surface area contributed by atoms with Crippen LogP contribution < -0.4 is 10.2 Å². The summed E-state index contributed by atoms with van der Waals surface area (Å²) in [7, 11) is 0. The first-order valence-electron chi connectivity index (χ1n) is 7.49. The molecular formula is C17H18BrN3O. The van der Waals surface area contributed by atoms with Crippen molar-refractivity contribution in [1.29, 1.82) is 0 Å². The number of rotatable bonds is 3. The van der Waals surface area contributed by atoms with Gasteiger partial charge in [0.15, 0.2) is 0 Å². The molecule has 1 aliphatic rings. The minimum absolute atomic E-state index is 0.135. The van der Waals surface area contributed by atoms with Crippen LogP contribution in [0.15, 0.2) is 47.2 Å². The molecule has 4 nitrogen and oxygen atoms in total. The minimum Gasteiger partial charge on any atom is -0.370 e. The van der Waals surface area contributed by atoms with Crippen molar-refractivity contribution in [2.45, 2.75) is 19.3 Å².